The van der Waals surface area contributed by atoms with E-state index in [1.807, 2.05) is 17.5 Å². The van der Waals surface area contributed by atoms with E-state index in [0.29, 0.717) is 36.2 Å². The number of nitrogens with one attached hydrogen (secondary N) is 1. The van der Waals surface area contributed by atoms with Gasteiger partial charge in [-0.2, -0.15) is 0 Å². The Morgan fingerprint density at radius 2 is 2.00 bits per heavy atom. The number of ether oxygens (including phenoxy) is 2. The van der Waals surface area contributed by atoms with Gasteiger partial charge < -0.3 is 13.9 Å². The van der Waals surface area contributed by atoms with Gasteiger partial charge in [0, 0.05) is 5.56 Å². The molecule has 1 aromatic carbocycles. The molecule has 0 radical (unpaired) electrons. The van der Waals surface area contributed by atoms with Gasteiger partial charge in [-0.25, -0.2) is 0 Å². The number of fused-ring (bicyclic) bond motifs is 1. The zero-order valence-electron chi connectivity index (χ0n) is 11.8. The lowest BCUT2D eigenvalue weighted by molar-refractivity contribution is 0.102. The summed E-state index contributed by atoms with van der Waals surface area (Å²) < 4.78 is 16.3. The van der Waals surface area contributed by atoms with E-state index >= 15 is 0 Å². The Hall–Kier alpha value is -2.87. The number of carbonyl (C=O) groups is 1. The minimum Gasteiger partial charge on any atom is -0.486 e. The summed E-state index contributed by atoms with van der Waals surface area (Å²) in [6, 6.07) is 8.78. The Balaban J connectivity index is 1.52. The van der Waals surface area contributed by atoms with Crippen LogP contribution in [0.1, 0.15) is 10.4 Å². The molecule has 8 heteroatoms. The van der Waals surface area contributed by atoms with E-state index in [9.17, 15) is 4.79 Å². The molecule has 1 amide bonds. The molecule has 23 heavy (non-hydrogen) atoms. The third-order valence-electron chi connectivity index (χ3n) is 3.18. The van der Waals surface area contributed by atoms with Gasteiger partial charge in [-0.1, -0.05) is 11.2 Å². The van der Waals surface area contributed by atoms with Crippen molar-refractivity contribution in [3.63, 3.8) is 0 Å². The van der Waals surface area contributed by atoms with Crippen molar-refractivity contribution in [3.05, 3.63) is 41.3 Å². The monoisotopic (exact) mass is 329 g/mol. The maximum Gasteiger partial charge on any atom is 0.322 e. The maximum atomic E-state index is 12.3. The number of nitrogens with zero attached hydrogens (tertiary/aromatic N) is 2. The van der Waals surface area contributed by atoms with Crippen LogP contribution in [0.3, 0.4) is 0 Å². The first-order chi connectivity index (χ1) is 11.3. The van der Waals surface area contributed by atoms with Gasteiger partial charge in [-0.05, 0) is 29.6 Å². The second kappa shape index (κ2) is 5.73. The Morgan fingerprint density at radius 3 is 2.83 bits per heavy atom. The molecule has 0 bridgehead atoms. The normalized spacial score (nSPS) is 12.9. The maximum absolute atomic E-state index is 12.3. The Bertz CT molecular complexity index is 844. The number of thiophene rings is 1. The van der Waals surface area contributed by atoms with E-state index < -0.39 is 0 Å². The molecule has 2 aromatic heterocycles. The molecule has 0 fully saturated rings. The molecule has 1 aliphatic heterocycles. The highest BCUT2D eigenvalue weighted by molar-refractivity contribution is 7.13. The van der Waals surface area contributed by atoms with Crippen molar-refractivity contribution < 1.29 is 18.7 Å². The van der Waals surface area contributed by atoms with Crippen LogP contribution < -0.4 is 14.8 Å². The van der Waals surface area contributed by atoms with Crippen molar-refractivity contribution >= 4 is 23.3 Å². The van der Waals surface area contributed by atoms with Crippen LogP contribution in [0.25, 0.3) is 10.8 Å². The van der Waals surface area contributed by atoms with Crippen molar-refractivity contribution in [3.8, 4) is 22.3 Å². The number of aromatic nitrogens is 2. The summed E-state index contributed by atoms with van der Waals surface area (Å²) in [5, 5.41) is 12.2. The number of carbonyl (C=O) groups excluding carboxylic acids is 1. The smallest absolute Gasteiger partial charge is 0.322 e. The van der Waals surface area contributed by atoms with Gasteiger partial charge in [0.15, 0.2) is 11.5 Å². The summed E-state index contributed by atoms with van der Waals surface area (Å²) in [6.45, 7) is 0.970. The molecule has 1 aliphatic rings. The summed E-state index contributed by atoms with van der Waals surface area (Å²) in [6.07, 6.45) is 0. The molecule has 4 rings (SSSR count). The predicted molar refractivity (Wildman–Crippen MR) is 83.0 cm³/mol. The second-order valence-corrected chi connectivity index (χ2v) is 5.65. The van der Waals surface area contributed by atoms with Crippen LogP contribution in [0, 0.1) is 0 Å². The van der Waals surface area contributed by atoms with Crippen LogP contribution in [-0.4, -0.2) is 29.3 Å². The number of hydrogen-bond donors (Lipinski definition) is 1. The average molecular weight is 329 g/mol. The van der Waals surface area contributed by atoms with Gasteiger partial charge in [0.05, 0.1) is 4.88 Å². The fraction of sp³-hybridized carbons (Fsp3) is 0.133. The lowest BCUT2D eigenvalue weighted by Gasteiger charge is -2.18. The first-order valence-electron chi connectivity index (χ1n) is 6.88. The van der Waals surface area contributed by atoms with Crippen LogP contribution in [0.2, 0.25) is 0 Å². The standard InChI is InChI=1S/C15H11N3O4S/c19-13(9-3-4-10-11(8-9)21-6-5-20-10)16-15-18-17-14(22-15)12-2-1-7-23-12/h1-4,7-8H,5-6H2,(H,16,18,19). The minimum atomic E-state index is -0.358. The molecule has 0 unspecified atom stereocenters. The number of anilines is 1. The molecule has 0 saturated carbocycles. The summed E-state index contributed by atoms with van der Waals surface area (Å²) >= 11 is 1.48. The molecule has 0 saturated heterocycles. The van der Waals surface area contributed by atoms with Crippen LogP contribution in [0.4, 0.5) is 6.01 Å². The number of amides is 1. The van der Waals surface area contributed by atoms with E-state index in [1.165, 1.54) is 11.3 Å². The van der Waals surface area contributed by atoms with Gasteiger partial charge in [-0.15, -0.1) is 16.4 Å². The summed E-state index contributed by atoms with van der Waals surface area (Å²) in [7, 11) is 0. The topological polar surface area (TPSA) is 86.5 Å². The first kappa shape index (κ1) is 13.8. The molecule has 3 heterocycles. The molecule has 3 aromatic rings. The average Bonchev–Trinajstić information content (AvgIpc) is 3.25. The molecule has 116 valence electrons. The van der Waals surface area contributed by atoms with Gasteiger partial charge in [-0.3, -0.25) is 10.1 Å². The number of benzene rings is 1. The Kier molecular flexibility index (Phi) is 3.43. The van der Waals surface area contributed by atoms with Crippen molar-refractivity contribution in [2.45, 2.75) is 0 Å². The molecule has 0 spiro atoms. The van der Waals surface area contributed by atoms with Gasteiger partial charge in [0.1, 0.15) is 13.2 Å². The third kappa shape index (κ3) is 2.76. The fourth-order valence-corrected chi connectivity index (χ4v) is 2.77. The van der Waals surface area contributed by atoms with Crippen molar-refractivity contribution in [1.82, 2.24) is 10.2 Å². The van der Waals surface area contributed by atoms with E-state index in [4.69, 9.17) is 13.9 Å². The zero-order valence-corrected chi connectivity index (χ0v) is 12.6. The minimum absolute atomic E-state index is 0.0493. The fourth-order valence-electron chi connectivity index (χ4n) is 2.13. The SMILES string of the molecule is O=C(Nc1nnc(-c2cccs2)o1)c1ccc2c(c1)OCCO2. The lowest BCUT2D eigenvalue weighted by atomic mass is 10.2. The molecule has 7 nitrogen and oxygen atoms in total. The largest absolute Gasteiger partial charge is 0.486 e. The predicted octanol–water partition coefficient (Wildman–Crippen LogP) is 2.82. The molecule has 1 N–H and O–H groups in total. The first-order valence-corrected chi connectivity index (χ1v) is 7.76. The van der Waals surface area contributed by atoms with E-state index in [0.717, 1.165) is 4.88 Å². The van der Waals surface area contributed by atoms with Gasteiger partial charge >= 0.3 is 6.01 Å². The van der Waals surface area contributed by atoms with Crippen molar-refractivity contribution in [2.75, 3.05) is 18.5 Å². The van der Waals surface area contributed by atoms with Crippen LogP contribution >= 0.6 is 11.3 Å². The third-order valence-corrected chi connectivity index (χ3v) is 4.04. The molecule has 0 atom stereocenters. The van der Waals surface area contributed by atoms with Gasteiger partial charge in [0.2, 0.25) is 0 Å². The quantitative estimate of drug-likeness (QED) is 0.795. The lowest BCUT2D eigenvalue weighted by Crippen LogP contribution is -2.17. The summed E-state index contributed by atoms with van der Waals surface area (Å²) in [5.41, 5.74) is 0.421. The molecule has 0 aliphatic carbocycles. The van der Waals surface area contributed by atoms with Gasteiger partial charge in [0.25, 0.3) is 11.8 Å². The second-order valence-electron chi connectivity index (χ2n) is 4.70. The zero-order chi connectivity index (χ0) is 15.6. The highest BCUT2D eigenvalue weighted by atomic mass is 32.1. The Morgan fingerprint density at radius 1 is 1.13 bits per heavy atom. The van der Waals surface area contributed by atoms with Crippen LogP contribution in [0.5, 0.6) is 11.5 Å². The van der Waals surface area contributed by atoms with E-state index in [1.54, 1.807) is 18.2 Å². The summed E-state index contributed by atoms with van der Waals surface area (Å²) in [5.74, 6) is 1.19. The highest BCUT2D eigenvalue weighted by Crippen LogP contribution is 2.31. The number of rotatable bonds is 3. The Labute approximate surface area is 134 Å². The number of hydrogen-bond acceptors (Lipinski definition) is 7. The molecular formula is C15H11N3O4S. The van der Waals surface area contributed by atoms with Crippen LogP contribution in [-0.2, 0) is 0 Å². The summed E-state index contributed by atoms with van der Waals surface area (Å²) in [4.78, 5) is 13.1. The van der Waals surface area contributed by atoms with E-state index in [-0.39, 0.29) is 11.9 Å². The van der Waals surface area contributed by atoms with Crippen molar-refractivity contribution in [2.24, 2.45) is 0 Å². The van der Waals surface area contributed by atoms with Crippen molar-refractivity contribution in [1.29, 1.82) is 0 Å². The highest BCUT2D eigenvalue weighted by Gasteiger charge is 2.17. The molecular weight excluding hydrogens is 318 g/mol. The van der Waals surface area contributed by atoms with E-state index in [2.05, 4.69) is 15.5 Å². The van der Waals surface area contributed by atoms with Crippen LogP contribution in [0.15, 0.2) is 40.1 Å².